The van der Waals surface area contributed by atoms with Crippen molar-refractivity contribution in [3.8, 4) is 0 Å². The van der Waals surface area contributed by atoms with E-state index in [4.69, 9.17) is 4.74 Å². The predicted octanol–water partition coefficient (Wildman–Crippen LogP) is 1.54. The van der Waals surface area contributed by atoms with Crippen molar-refractivity contribution in [2.45, 2.75) is 30.8 Å². The second-order valence-corrected chi connectivity index (χ2v) is 7.41. The molecule has 1 atom stereocenters. The molecule has 0 spiro atoms. The van der Waals surface area contributed by atoms with Gasteiger partial charge in [0.05, 0.1) is 11.5 Å². The number of hydrogen-bond acceptors (Lipinski definition) is 4. The van der Waals surface area contributed by atoms with Gasteiger partial charge in [-0.2, -0.15) is 0 Å². The molecule has 0 aliphatic carbocycles. The fraction of sp³-hybridized carbons (Fsp3) is 0.538. The Morgan fingerprint density at radius 3 is 2.80 bits per heavy atom. The number of rotatable bonds is 5. The van der Waals surface area contributed by atoms with Gasteiger partial charge >= 0.3 is 0 Å². The number of nitrogens with one attached hydrogen (secondary N) is 2. The summed E-state index contributed by atoms with van der Waals surface area (Å²) in [5, 5.41) is 3.03. The highest BCUT2D eigenvalue weighted by Crippen LogP contribution is 2.27. The Hall–Kier alpha value is -0.470. The molecule has 1 aromatic carbocycles. The Kier molecular flexibility index (Phi) is 5.19. The molecule has 1 fully saturated rings. The van der Waals surface area contributed by atoms with E-state index < -0.39 is 10.0 Å². The maximum atomic E-state index is 12.5. The molecule has 1 aromatic rings. The third-order valence-corrected chi connectivity index (χ3v) is 6.06. The summed E-state index contributed by atoms with van der Waals surface area (Å²) in [4.78, 5) is 0.287. The third kappa shape index (κ3) is 3.59. The molecule has 2 N–H and O–H groups in total. The molecule has 0 bridgehead atoms. The highest BCUT2D eigenvalue weighted by atomic mass is 79.9. The number of hydrogen-bond donors (Lipinski definition) is 2. The van der Waals surface area contributed by atoms with Gasteiger partial charge in [-0.3, -0.25) is 0 Å². The van der Waals surface area contributed by atoms with Gasteiger partial charge in [0.2, 0.25) is 10.0 Å². The Balaban J connectivity index is 2.33. The van der Waals surface area contributed by atoms with Crippen molar-refractivity contribution in [2.75, 3.05) is 20.3 Å². The lowest BCUT2D eigenvalue weighted by molar-refractivity contribution is 0.192. The second kappa shape index (κ2) is 6.53. The fourth-order valence-electron chi connectivity index (χ4n) is 2.22. The van der Waals surface area contributed by atoms with Crippen LogP contribution in [0.15, 0.2) is 21.5 Å². The van der Waals surface area contributed by atoms with E-state index in [2.05, 4.69) is 26.0 Å². The van der Waals surface area contributed by atoms with Crippen LogP contribution < -0.4 is 10.0 Å². The molecule has 0 aromatic heterocycles. The Morgan fingerprint density at radius 2 is 2.20 bits per heavy atom. The molecule has 0 radical (unpaired) electrons. The average Bonchev–Trinajstić information content (AvgIpc) is 2.85. The van der Waals surface area contributed by atoms with E-state index in [1.807, 2.05) is 20.0 Å². The van der Waals surface area contributed by atoms with Gasteiger partial charge in [-0.25, -0.2) is 13.1 Å². The molecule has 7 heteroatoms. The highest BCUT2D eigenvalue weighted by Gasteiger charge is 2.26. The van der Waals surface area contributed by atoms with Gasteiger partial charge < -0.3 is 10.1 Å². The van der Waals surface area contributed by atoms with Crippen LogP contribution in [-0.4, -0.2) is 34.7 Å². The summed E-state index contributed by atoms with van der Waals surface area (Å²) in [6.07, 6.45) is 0.714. The Morgan fingerprint density at radius 1 is 1.45 bits per heavy atom. The van der Waals surface area contributed by atoms with Crippen molar-refractivity contribution in [3.05, 3.63) is 27.7 Å². The van der Waals surface area contributed by atoms with Crippen LogP contribution in [0.1, 0.15) is 17.5 Å². The van der Waals surface area contributed by atoms with Crippen molar-refractivity contribution in [1.29, 1.82) is 0 Å². The zero-order valence-electron chi connectivity index (χ0n) is 11.6. The summed E-state index contributed by atoms with van der Waals surface area (Å²) in [6, 6.07) is 3.53. The smallest absolute Gasteiger partial charge is 0.242 e. The van der Waals surface area contributed by atoms with E-state index in [-0.39, 0.29) is 10.9 Å². The fourth-order valence-corrected chi connectivity index (χ4v) is 4.54. The van der Waals surface area contributed by atoms with Gasteiger partial charge in [-0.1, -0.05) is 6.07 Å². The van der Waals surface area contributed by atoms with Crippen LogP contribution in [-0.2, 0) is 21.3 Å². The maximum Gasteiger partial charge on any atom is 0.242 e. The Labute approximate surface area is 128 Å². The third-order valence-electron chi connectivity index (χ3n) is 3.20. The van der Waals surface area contributed by atoms with E-state index in [0.29, 0.717) is 30.7 Å². The molecule has 0 saturated carbocycles. The molecule has 112 valence electrons. The summed E-state index contributed by atoms with van der Waals surface area (Å²) < 4.78 is 33.5. The number of halogens is 1. The molecule has 1 aliphatic rings. The van der Waals surface area contributed by atoms with Crippen molar-refractivity contribution < 1.29 is 13.2 Å². The topological polar surface area (TPSA) is 67.4 Å². The van der Waals surface area contributed by atoms with Crippen LogP contribution in [0.3, 0.4) is 0 Å². The standard InChI is InChI=1S/C13H19BrN2O3S/c1-9-5-10(7-15-2)6-12(13(9)14)20(17,18)16-11-3-4-19-8-11/h5-6,11,15-16H,3-4,7-8H2,1-2H3. The molecular weight excluding hydrogens is 344 g/mol. The Bertz CT molecular complexity index is 584. The van der Waals surface area contributed by atoms with E-state index in [1.165, 1.54) is 0 Å². The summed E-state index contributed by atoms with van der Waals surface area (Å²) in [5.41, 5.74) is 1.84. The largest absolute Gasteiger partial charge is 0.380 e. The SMILES string of the molecule is CNCc1cc(C)c(Br)c(S(=O)(=O)NC2CCOC2)c1. The lowest BCUT2D eigenvalue weighted by Gasteiger charge is -2.15. The quantitative estimate of drug-likeness (QED) is 0.833. The van der Waals surface area contributed by atoms with Gasteiger partial charge in [0.1, 0.15) is 0 Å². The van der Waals surface area contributed by atoms with Crippen LogP contribution in [0.4, 0.5) is 0 Å². The predicted molar refractivity (Wildman–Crippen MR) is 81.2 cm³/mol. The molecule has 1 heterocycles. The van der Waals surface area contributed by atoms with Crippen LogP contribution in [0.25, 0.3) is 0 Å². The molecule has 2 rings (SSSR count). The lowest BCUT2D eigenvalue weighted by atomic mass is 10.1. The van der Waals surface area contributed by atoms with Gasteiger partial charge in [0, 0.05) is 23.7 Å². The summed E-state index contributed by atoms with van der Waals surface area (Å²) >= 11 is 3.38. The molecule has 20 heavy (non-hydrogen) atoms. The monoisotopic (exact) mass is 362 g/mol. The minimum atomic E-state index is -3.54. The van der Waals surface area contributed by atoms with Crippen LogP contribution in [0.2, 0.25) is 0 Å². The van der Waals surface area contributed by atoms with E-state index in [9.17, 15) is 8.42 Å². The van der Waals surface area contributed by atoms with Crippen molar-refractivity contribution in [3.63, 3.8) is 0 Å². The van der Waals surface area contributed by atoms with E-state index >= 15 is 0 Å². The van der Waals surface area contributed by atoms with E-state index in [0.717, 1.165) is 11.1 Å². The number of aryl methyl sites for hydroxylation is 1. The molecule has 1 aliphatic heterocycles. The molecular formula is C13H19BrN2O3S. The highest BCUT2D eigenvalue weighted by molar-refractivity contribution is 9.10. The first-order chi connectivity index (χ1) is 9.44. The minimum Gasteiger partial charge on any atom is -0.380 e. The van der Waals surface area contributed by atoms with Gasteiger partial charge in [-0.15, -0.1) is 0 Å². The molecule has 5 nitrogen and oxygen atoms in total. The molecule has 0 amide bonds. The first-order valence-electron chi connectivity index (χ1n) is 6.47. The first-order valence-corrected chi connectivity index (χ1v) is 8.75. The van der Waals surface area contributed by atoms with Crippen LogP contribution >= 0.6 is 15.9 Å². The maximum absolute atomic E-state index is 12.5. The number of benzene rings is 1. The van der Waals surface area contributed by atoms with Crippen LogP contribution in [0.5, 0.6) is 0 Å². The number of sulfonamides is 1. The van der Waals surface area contributed by atoms with Crippen molar-refractivity contribution in [1.82, 2.24) is 10.0 Å². The average molecular weight is 363 g/mol. The van der Waals surface area contributed by atoms with Gasteiger partial charge in [0.25, 0.3) is 0 Å². The lowest BCUT2D eigenvalue weighted by Crippen LogP contribution is -2.35. The normalized spacial score (nSPS) is 19.4. The zero-order valence-corrected chi connectivity index (χ0v) is 14.0. The molecule has 1 saturated heterocycles. The van der Waals surface area contributed by atoms with Crippen molar-refractivity contribution in [2.24, 2.45) is 0 Å². The van der Waals surface area contributed by atoms with Crippen molar-refractivity contribution >= 4 is 26.0 Å². The van der Waals surface area contributed by atoms with E-state index in [1.54, 1.807) is 6.07 Å². The summed E-state index contributed by atoms with van der Waals surface area (Å²) in [7, 11) is -1.71. The summed E-state index contributed by atoms with van der Waals surface area (Å²) in [5.74, 6) is 0. The summed E-state index contributed by atoms with van der Waals surface area (Å²) in [6.45, 7) is 3.56. The first kappa shape index (κ1) is 15.9. The number of ether oxygens (including phenoxy) is 1. The van der Waals surface area contributed by atoms with Gasteiger partial charge in [0.15, 0.2) is 0 Å². The minimum absolute atomic E-state index is 0.139. The van der Waals surface area contributed by atoms with Gasteiger partial charge in [-0.05, 0) is 53.5 Å². The second-order valence-electron chi connectivity index (χ2n) is 4.94. The molecule has 1 unspecified atom stereocenters. The van der Waals surface area contributed by atoms with Crippen LogP contribution in [0, 0.1) is 6.92 Å². The zero-order chi connectivity index (χ0) is 14.8.